The fourth-order valence-corrected chi connectivity index (χ4v) is 1.49. The van der Waals surface area contributed by atoms with Gasteiger partial charge in [0.1, 0.15) is 6.33 Å². The summed E-state index contributed by atoms with van der Waals surface area (Å²) in [7, 11) is 1.69. The third-order valence-corrected chi connectivity index (χ3v) is 2.44. The van der Waals surface area contributed by atoms with Gasteiger partial charge in [0, 0.05) is 32.5 Å². The molecule has 17 heavy (non-hydrogen) atoms. The largest absolute Gasteiger partial charge is 0.345 e. The monoisotopic (exact) mass is 233 g/mol. The fraction of sp³-hybridized carbons (Fsp3) is 0.364. The Morgan fingerprint density at radius 3 is 3.00 bits per heavy atom. The van der Waals surface area contributed by atoms with Crippen molar-refractivity contribution in [2.75, 3.05) is 6.54 Å². The SMILES string of the molecule is Cn1cnn(CCNCc2cccnc2)c1=O. The summed E-state index contributed by atoms with van der Waals surface area (Å²) in [6, 6.07) is 3.91. The molecule has 0 spiro atoms. The second-order valence-corrected chi connectivity index (χ2v) is 3.79. The minimum absolute atomic E-state index is 0.0897. The van der Waals surface area contributed by atoms with E-state index in [1.807, 2.05) is 18.3 Å². The van der Waals surface area contributed by atoms with Gasteiger partial charge in [0.25, 0.3) is 0 Å². The molecule has 0 aliphatic heterocycles. The molecule has 2 rings (SSSR count). The summed E-state index contributed by atoms with van der Waals surface area (Å²) in [6.07, 6.45) is 5.08. The van der Waals surface area contributed by atoms with Crippen molar-refractivity contribution in [2.24, 2.45) is 7.05 Å². The van der Waals surface area contributed by atoms with Crippen molar-refractivity contribution >= 4 is 0 Å². The van der Waals surface area contributed by atoms with E-state index in [4.69, 9.17) is 0 Å². The Kier molecular flexibility index (Phi) is 3.66. The molecule has 0 amide bonds. The predicted octanol–water partition coefficient (Wildman–Crippen LogP) is -0.233. The lowest BCUT2D eigenvalue weighted by atomic mass is 10.3. The second kappa shape index (κ2) is 5.40. The van der Waals surface area contributed by atoms with Crippen LogP contribution in [-0.4, -0.2) is 25.9 Å². The Hall–Kier alpha value is -1.95. The number of rotatable bonds is 5. The van der Waals surface area contributed by atoms with Gasteiger partial charge in [-0.05, 0) is 11.6 Å². The van der Waals surface area contributed by atoms with Gasteiger partial charge < -0.3 is 5.32 Å². The zero-order valence-corrected chi connectivity index (χ0v) is 9.71. The number of aromatic nitrogens is 4. The Bertz CT molecular complexity index is 516. The molecule has 0 aliphatic carbocycles. The first-order valence-corrected chi connectivity index (χ1v) is 5.45. The Balaban J connectivity index is 1.77. The molecule has 2 aromatic rings. The fourth-order valence-electron chi connectivity index (χ4n) is 1.49. The van der Waals surface area contributed by atoms with Gasteiger partial charge in [-0.3, -0.25) is 9.55 Å². The van der Waals surface area contributed by atoms with E-state index in [2.05, 4.69) is 15.4 Å². The van der Waals surface area contributed by atoms with Gasteiger partial charge in [0.2, 0.25) is 0 Å². The minimum Gasteiger partial charge on any atom is -0.311 e. The van der Waals surface area contributed by atoms with Gasteiger partial charge in [0.15, 0.2) is 0 Å². The third-order valence-electron chi connectivity index (χ3n) is 2.44. The maximum absolute atomic E-state index is 11.5. The van der Waals surface area contributed by atoms with Crippen LogP contribution in [0.15, 0.2) is 35.6 Å². The van der Waals surface area contributed by atoms with Crippen LogP contribution in [0, 0.1) is 0 Å². The third kappa shape index (κ3) is 3.01. The molecular weight excluding hydrogens is 218 g/mol. The zero-order valence-electron chi connectivity index (χ0n) is 9.71. The number of hydrogen-bond acceptors (Lipinski definition) is 4. The minimum atomic E-state index is -0.0897. The highest BCUT2D eigenvalue weighted by Gasteiger charge is 2.00. The Morgan fingerprint density at radius 2 is 2.35 bits per heavy atom. The first-order valence-electron chi connectivity index (χ1n) is 5.45. The average Bonchev–Trinajstić information content (AvgIpc) is 2.67. The van der Waals surface area contributed by atoms with Gasteiger partial charge in [-0.2, -0.15) is 5.10 Å². The summed E-state index contributed by atoms with van der Waals surface area (Å²) >= 11 is 0. The molecule has 90 valence electrons. The van der Waals surface area contributed by atoms with Crippen molar-refractivity contribution in [1.82, 2.24) is 24.6 Å². The van der Waals surface area contributed by atoms with Gasteiger partial charge in [-0.15, -0.1) is 0 Å². The summed E-state index contributed by atoms with van der Waals surface area (Å²) in [5.74, 6) is 0. The van der Waals surface area contributed by atoms with Gasteiger partial charge >= 0.3 is 5.69 Å². The maximum Gasteiger partial charge on any atom is 0.345 e. The standard InChI is InChI=1S/C11H15N5O/c1-15-9-14-16(11(15)17)6-5-13-8-10-3-2-4-12-7-10/h2-4,7,9,13H,5-6,8H2,1H3. The highest BCUT2D eigenvalue weighted by Crippen LogP contribution is 1.93. The molecule has 0 atom stereocenters. The second-order valence-electron chi connectivity index (χ2n) is 3.79. The van der Waals surface area contributed by atoms with E-state index in [1.54, 1.807) is 13.2 Å². The molecule has 0 fully saturated rings. The molecule has 0 unspecified atom stereocenters. The molecule has 0 bridgehead atoms. The lowest BCUT2D eigenvalue weighted by molar-refractivity contribution is 0.536. The number of pyridine rings is 1. The van der Waals surface area contributed by atoms with Gasteiger partial charge in [0.05, 0.1) is 6.54 Å². The van der Waals surface area contributed by atoms with E-state index in [0.29, 0.717) is 13.1 Å². The number of aryl methyl sites for hydroxylation is 1. The molecule has 6 nitrogen and oxygen atoms in total. The molecular formula is C11H15N5O. The lowest BCUT2D eigenvalue weighted by Gasteiger charge is -2.03. The topological polar surface area (TPSA) is 64.7 Å². The Morgan fingerprint density at radius 1 is 1.47 bits per heavy atom. The van der Waals surface area contributed by atoms with Crippen molar-refractivity contribution in [3.8, 4) is 0 Å². The number of nitrogens with one attached hydrogen (secondary N) is 1. The smallest absolute Gasteiger partial charge is 0.311 e. The highest BCUT2D eigenvalue weighted by molar-refractivity contribution is 5.07. The molecule has 0 saturated heterocycles. The molecule has 0 aliphatic rings. The molecule has 0 saturated carbocycles. The van der Waals surface area contributed by atoms with E-state index >= 15 is 0 Å². The average molecular weight is 233 g/mol. The van der Waals surface area contributed by atoms with E-state index in [9.17, 15) is 4.79 Å². The molecule has 2 aromatic heterocycles. The summed E-state index contributed by atoms with van der Waals surface area (Å²) in [4.78, 5) is 15.5. The normalized spacial score (nSPS) is 10.6. The van der Waals surface area contributed by atoms with E-state index in [0.717, 1.165) is 12.1 Å². The van der Waals surface area contributed by atoms with E-state index in [-0.39, 0.29) is 5.69 Å². The first kappa shape index (κ1) is 11.5. The predicted molar refractivity (Wildman–Crippen MR) is 63.4 cm³/mol. The number of nitrogens with zero attached hydrogens (tertiary/aromatic N) is 4. The maximum atomic E-state index is 11.5. The molecule has 2 heterocycles. The van der Waals surface area contributed by atoms with Crippen LogP contribution < -0.4 is 11.0 Å². The van der Waals surface area contributed by atoms with Crippen LogP contribution in [-0.2, 0) is 20.1 Å². The molecule has 0 aromatic carbocycles. The highest BCUT2D eigenvalue weighted by atomic mass is 16.2. The summed E-state index contributed by atoms with van der Waals surface area (Å²) in [5, 5.41) is 7.21. The van der Waals surface area contributed by atoms with E-state index < -0.39 is 0 Å². The first-order chi connectivity index (χ1) is 8.27. The zero-order chi connectivity index (χ0) is 12.1. The van der Waals surface area contributed by atoms with Crippen LogP contribution in [0.1, 0.15) is 5.56 Å². The van der Waals surface area contributed by atoms with Crippen LogP contribution in [0.5, 0.6) is 0 Å². The van der Waals surface area contributed by atoms with Crippen molar-refractivity contribution in [1.29, 1.82) is 0 Å². The Labute approximate surface area is 98.9 Å². The van der Waals surface area contributed by atoms with Crippen molar-refractivity contribution in [3.63, 3.8) is 0 Å². The number of hydrogen-bond donors (Lipinski definition) is 1. The summed E-state index contributed by atoms with van der Waals surface area (Å²) in [5.41, 5.74) is 1.04. The van der Waals surface area contributed by atoms with Crippen LogP contribution in [0.3, 0.4) is 0 Å². The van der Waals surface area contributed by atoms with E-state index in [1.165, 1.54) is 15.6 Å². The molecule has 1 N–H and O–H groups in total. The quantitative estimate of drug-likeness (QED) is 0.724. The van der Waals surface area contributed by atoms with Crippen molar-refractivity contribution in [3.05, 3.63) is 46.9 Å². The van der Waals surface area contributed by atoms with Crippen molar-refractivity contribution in [2.45, 2.75) is 13.1 Å². The van der Waals surface area contributed by atoms with Crippen LogP contribution >= 0.6 is 0 Å². The summed E-state index contributed by atoms with van der Waals surface area (Å²) < 4.78 is 2.90. The van der Waals surface area contributed by atoms with Crippen LogP contribution in [0.25, 0.3) is 0 Å². The van der Waals surface area contributed by atoms with Crippen LogP contribution in [0.2, 0.25) is 0 Å². The van der Waals surface area contributed by atoms with Gasteiger partial charge in [-0.1, -0.05) is 6.07 Å². The van der Waals surface area contributed by atoms with Crippen molar-refractivity contribution < 1.29 is 0 Å². The summed E-state index contributed by atoms with van der Waals surface area (Å²) in [6.45, 7) is 2.02. The lowest BCUT2D eigenvalue weighted by Crippen LogP contribution is -2.28. The van der Waals surface area contributed by atoms with Crippen LogP contribution in [0.4, 0.5) is 0 Å². The molecule has 6 heteroatoms. The molecule has 0 radical (unpaired) electrons. The van der Waals surface area contributed by atoms with Gasteiger partial charge in [-0.25, -0.2) is 9.48 Å².